The van der Waals surface area contributed by atoms with Gasteiger partial charge in [-0.1, -0.05) is 0 Å². The Morgan fingerprint density at radius 3 is 2.92 bits per heavy atom. The van der Waals surface area contributed by atoms with Crippen molar-refractivity contribution in [2.24, 2.45) is 5.73 Å². The second-order valence-electron chi connectivity index (χ2n) is 2.61. The molecule has 0 radical (unpaired) electrons. The summed E-state index contributed by atoms with van der Waals surface area (Å²) in [5.41, 5.74) is 12.9. The average Bonchev–Trinajstić information content (AvgIpc) is 2.44. The molecule has 2 aromatic heterocycles. The van der Waals surface area contributed by atoms with Gasteiger partial charge in [-0.2, -0.15) is 5.10 Å². The molecule has 13 heavy (non-hydrogen) atoms. The van der Waals surface area contributed by atoms with Gasteiger partial charge in [-0.15, -0.1) is 0 Å². The molecular weight excluding hydrogens is 234 g/mol. The van der Waals surface area contributed by atoms with Gasteiger partial charge in [0, 0.05) is 18.3 Å². The first-order valence-corrected chi connectivity index (χ1v) is 4.49. The van der Waals surface area contributed by atoms with Gasteiger partial charge in [-0.25, -0.2) is 9.50 Å². The molecule has 2 heterocycles. The molecule has 68 valence electrons. The van der Waals surface area contributed by atoms with E-state index in [-0.39, 0.29) is 0 Å². The largest absolute Gasteiger partial charge is 0.382 e. The van der Waals surface area contributed by atoms with Gasteiger partial charge in [-0.05, 0) is 15.9 Å². The first-order chi connectivity index (χ1) is 6.24. The molecule has 0 aromatic carbocycles. The number of nitrogen functional groups attached to an aromatic ring is 1. The highest BCUT2D eigenvalue weighted by Crippen LogP contribution is 2.26. The minimum Gasteiger partial charge on any atom is -0.382 e. The lowest BCUT2D eigenvalue weighted by atomic mass is 10.3. The number of anilines is 1. The highest BCUT2D eigenvalue weighted by atomic mass is 79.9. The molecule has 6 heteroatoms. The minimum atomic E-state index is 0.446. The third kappa shape index (κ3) is 1.18. The molecule has 5 nitrogen and oxygen atoms in total. The molecule has 0 atom stereocenters. The maximum absolute atomic E-state index is 5.68. The maximum atomic E-state index is 5.68. The van der Waals surface area contributed by atoms with Crippen LogP contribution in [-0.4, -0.2) is 14.6 Å². The first-order valence-electron chi connectivity index (χ1n) is 3.70. The van der Waals surface area contributed by atoms with E-state index in [0.29, 0.717) is 12.4 Å². The van der Waals surface area contributed by atoms with Crippen LogP contribution in [0.4, 0.5) is 5.82 Å². The molecule has 0 aliphatic heterocycles. The van der Waals surface area contributed by atoms with Crippen LogP contribution in [-0.2, 0) is 6.54 Å². The SMILES string of the molecule is NCc1cn2ncnc(N)c2c1Br. The summed E-state index contributed by atoms with van der Waals surface area (Å²) < 4.78 is 2.53. The zero-order chi connectivity index (χ0) is 9.42. The Balaban J connectivity index is 2.85. The normalized spacial score (nSPS) is 10.9. The summed E-state index contributed by atoms with van der Waals surface area (Å²) in [7, 11) is 0. The molecule has 0 aliphatic rings. The Kier molecular flexibility index (Phi) is 1.93. The highest BCUT2D eigenvalue weighted by Gasteiger charge is 2.10. The third-order valence-corrected chi connectivity index (χ3v) is 2.72. The topological polar surface area (TPSA) is 82.2 Å². The van der Waals surface area contributed by atoms with Crippen LogP contribution in [0.3, 0.4) is 0 Å². The zero-order valence-corrected chi connectivity index (χ0v) is 8.32. The van der Waals surface area contributed by atoms with Crippen LogP contribution in [0.2, 0.25) is 0 Å². The van der Waals surface area contributed by atoms with Crippen molar-refractivity contribution in [1.82, 2.24) is 14.6 Å². The van der Waals surface area contributed by atoms with Crippen LogP contribution >= 0.6 is 15.9 Å². The third-order valence-electron chi connectivity index (χ3n) is 1.83. The lowest BCUT2D eigenvalue weighted by Gasteiger charge is -1.95. The Bertz CT molecular complexity index is 449. The number of nitrogens with zero attached hydrogens (tertiary/aromatic N) is 3. The Labute approximate surface area is 82.9 Å². The summed E-state index contributed by atoms with van der Waals surface area (Å²) in [6.45, 7) is 0.448. The van der Waals surface area contributed by atoms with Crippen molar-refractivity contribution < 1.29 is 0 Å². The molecule has 0 unspecified atom stereocenters. The van der Waals surface area contributed by atoms with Crippen LogP contribution in [0.5, 0.6) is 0 Å². The number of nitrogens with two attached hydrogens (primary N) is 2. The molecule has 0 saturated carbocycles. The van der Waals surface area contributed by atoms with E-state index in [9.17, 15) is 0 Å². The quantitative estimate of drug-likeness (QED) is 0.764. The summed E-state index contributed by atoms with van der Waals surface area (Å²) in [4.78, 5) is 3.89. The lowest BCUT2D eigenvalue weighted by molar-refractivity contribution is 0.899. The van der Waals surface area contributed by atoms with E-state index in [0.717, 1.165) is 15.6 Å². The molecule has 0 spiro atoms. The molecule has 4 N–H and O–H groups in total. The lowest BCUT2D eigenvalue weighted by Crippen LogP contribution is -1.97. The standard InChI is InChI=1S/C7H8BrN5/c8-5-4(1-9)2-13-6(5)7(10)11-3-12-13/h2-3H,1,9H2,(H2,10,11,12). The second kappa shape index (κ2) is 2.97. The van der Waals surface area contributed by atoms with E-state index in [2.05, 4.69) is 26.0 Å². The summed E-state index contributed by atoms with van der Waals surface area (Å²) >= 11 is 3.40. The highest BCUT2D eigenvalue weighted by molar-refractivity contribution is 9.10. The van der Waals surface area contributed by atoms with Crippen molar-refractivity contribution in [3.05, 3.63) is 22.6 Å². The second-order valence-corrected chi connectivity index (χ2v) is 3.40. The van der Waals surface area contributed by atoms with Gasteiger partial charge >= 0.3 is 0 Å². The van der Waals surface area contributed by atoms with Gasteiger partial charge in [0.05, 0.1) is 4.47 Å². The predicted molar refractivity (Wildman–Crippen MR) is 53.0 cm³/mol. The van der Waals surface area contributed by atoms with Gasteiger partial charge in [-0.3, -0.25) is 0 Å². The van der Waals surface area contributed by atoms with Crippen LogP contribution < -0.4 is 11.5 Å². The van der Waals surface area contributed by atoms with Gasteiger partial charge in [0.1, 0.15) is 11.8 Å². The molecule has 0 aliphatic carbocycles. The van der Waals surface area contributed by atoms with Crippen molar-refractivity contribution in [3.8, 4) is 0 Å². The monoisotopic (exact) mass is 241 g/mol. The van der Waals surface area contributed by atoms with Crippen LogP contribution in [0.25, 0.3) is 5.52 Å². The van der Waals surface area contributed by atoms with Crippen molar-refractivity contribution in [1.29, 1.82) is 0 Å². The Morgan fingerprint density at radius 2 is 2.31 bits per heavy atom. The van der Waals surface area contributed by atoms with Crippen LogP contribution in [0, 0.1) is 0 Å². The average molecular weight is 242 g/mol. The van der Waals surface area contributed by atoms with Crippen molar-refractivity contribution in [3.63, 3.8) is 0 Å². The van der Waals surface area contributed by atoms with Gasteiger partial charge < -0.3 is 11.5 Å². The number of hydrogen-bond donors (Lipinski definition) is 2. The number of hydrogen-bond acceptors (Lipinski definition) is 4. The van der Waals surface area contributed by atoms with Crippen LogP contribution in [0.1, 0.15) is 5.56 Å². The summed E-state index contributed by atoms with van der Waals surface area (Å²) in [6.07, 6.45) is 3.24. The van der Waals surface area contributed by atoms with Gasteiger partial charge in [0.25, 0.3) is 0 Å². The molecule has 2 aromatic rings. The smallest absolute Gasteiger partial charge is 0.152 e. The molecule has 2 rings (SSSR count). The number of halogens is 1. The minimum absolute atomic E-state index is 0.446. The van der Waals surface area contributed by atoms with Crippen molar-refractivity contribution in [2.45, 2.75) is 6.54 Å². The van der Waals surface area contributed by atoms with Crippen LogP contribution in [0.15, 0.2) is 17.0 Å². The fourth-order valence-electron chi connectivity index (χ4n) is 1.19. The van der Waals surface area contributed by atoms with E-state index in [1.165, 1.54) is 6.33 Å². The molecule has 0 saturated heterocycles. The zero-order valence-electron chi connectivity index (χ0n) is 6.74. The number of rotatable bonds is 1. The summed E-state index contributed by atoms with van der Waals surface area (Å²) in [5.74, 6) is 0.446. The van der Waals surface area contributed by atoms with E-state index >= 15 is 0 Å². The van der Waals surface area contributed by atoms with Crippen molar-refractivity contribution in [2.75, 3.05) is 5.73 Å². The first kappa shape index (κ1) is 8.46. The van der Waals surface area contributed by atoms with E-state index in [1.807, 2.05) is 6.20 Å². The van der Waals surface area contributed by atoms with Crippen molar-refractivity contribution >= 4 is 27.3 Å². The Morgan fingerprint density at radius 1 is 1.54 bits per heavy atom. The van der Waals surface area contributed by atoms with E-state index in [4.69, 9.17) is 11.5 Å². The maximum Gasteiger partial charge on any atom is 0.152 e. The molecule has 0 fully saturated rings. The predicted octanol–water partition coefficient (Wildman–Crippen LogP) is 0.533. The fraction of sp³-hybridized carbons (Fsp3) is 0.143. The number of fused-ring (bicyclic) bond motifs is 1. The fourth-order valence-corrected chi connectivity index (χ4v) is 1.84. The Hall–Kier alpha value is -1.14. The van der Waals surface area contributed by atoms with E-state index < -0.39 is 0 Å². The van der Waals surface area contributed by atoms with Gasteiger partial charge in [0.2, 0.25) is 0 Å². The summed E-state index contributed by atoms with van der Waals surface area (Å²) in [5, 5.41) is 4.01. The summed E-state index contributed by atoms with van der Waals surface area (Å²) in [6, 6.07) is 0. The molecule has 0 bridgehead atoms. The van der Waals surface area contributed by atoms with Gasteiger partial charge in [0.15, 0.2) is 5.82 Å². The molecular formula is C7H8BrN5. The van der Waals surface area contributed by atoms with E-state index in [1.54, 1.807) is 4.52 Å². The molecule has 0 amide bonds. The number of aromatic nitrogens is 3.